The van der Waals surface area contributed by atoms with Gasteiger partial charge in [0.2, 0.25) is 11.6 Å². The summed E-state index contributed by atoms with van der Waals surface area (Å²) < 4.78 is 5.11. The third-order valence-corrected chi connectivity index (χ3v) is 5.80. The van der Waals surface area contributed by atoms with E-state index < -0.39 is 17.5 Å². The molecule has 0 aliphatic heterocycles. The van der Waals surface area contributed by atoms with Crippen LogP contribution >= 0.6 is 22.7 Å². The average molecular weight is 334 g/mol. The van der Waals surface area contributed by atoms with Gasteiger partial charge in [0.15, 0.2) is 0 Å². The lowest BCUT2D eigenvalue weighted by atomic mass is 9.88. The number of carbonyl (C=O) groups is 3. The molecule has 0 fully saturated rings. The quantitative estimate of drug-likeness (QED) is 0.625. The van der Waals surface area contributed by atoms with Gasteiger partial charge in [0, 0.05) is 11.1 Å². The SMILES string of the molecule is CCOC(=O)c1sc2c(c1C(C)C)C(=O)C(=O)c1ccsc1-2. The number of rotatable bonds is 3. The molecule has 3 rings (SSSR count). The summed E-state index contributed by atoms with van der Waals surface area (Å²) in [7, 11) is 0. The molecule has 114 valence electrons. The van der Waals surface area contributed by atoms with Crippen LogP contribution < -0.4 is 0 Å². The van der Waals surface area contributed by atoms with E-state index in [0.29, 0.717) is 21.6 Å². The predicted octanol–water partition coefficient (Wildman–Crippen LogP) is 4.16. The minimum atomic E-state index is -0.517. The van der Waals surface area contributed by atoms with E-state index in [9.17, 15) is 14.4 Å². The van der Waals surface area contributed by atoms with Crippen molar-refractivity contribution in [2.24, 2.45) is 0 Å². The van der Waals surface area contributed by atoms with Gasteiger partial charge >= 0.3 is 5.97 Å². The number of hydrogen-bond acceptors (Lipinski definition) is 6. The van der Waals surface area contributed by atoms with Gasteiger partial charge in [-0.05, 0) is 29.9 Å². The Morgan fingerprint density at radius 2 is 1.95 bits per heavy atom. The predicted molar refractivity (Wildman–Crippen MR) is 86.3 cm³/mol. The molecule has 1 aliphatic carbocycles. The van der Waals surface area contributed by atoms with E-state index in [4.69, 9.17) is 4.74 Å². The Bertz CT molecular complexity index is 795. The molecule has 0 saturated heterocycles. The Morgan fingerprint density at radius 1 is 1.23 bits per heavy atom. The van der Waals surface area contributed by atoms with Crippen LogP contribution in [0.3, 0.4) is 0 Å². The normalized spacial score (nSPS) is 13.3. The summed E-state index contributed by atoms with van der Waals surface area (Å²) in [6.07, 6.45) is 0. The first-order valence-corrected chi connectivity index (χ1v) is 8.67. The second-order valence-corrected chi connectivity index (χ2v) is 7.18. The molecule has 2 aromatic heterocycles. The highest BCUT2D eigenvalue weighted by molar-refractivity contribution is 7.23. The Kier molecular flexibility index (Phi) is 3.74. The molecule has 0 saturated carbocycles. The topological polar surface area (TPSA) is 60.4 Å². The van der Waals surface area contributed by atoms with Crippen molar-refractivity contribution in [1.82, 2.24) is 0 Å². The molecular formula is C16H14O4S2. The number of carbonyl (C=O) groups excluding carboxylic acids is 3. The highest BCUT2D eigenvalue weighted by Gasteiger charge is 2.38. The van der Waals surface area contributed by atoms with Crippen molar-refractivity contribution in [3.63, 3.8) is 0 Å². The van der Waals surface area contributed by atoms with Crippen molar-refractivity contribution in [2.75, 3.05) is 6.61 Å². The van der Waals surface area contributed by atoms with E-state index in [1.54, 1.807) is 18.4 Å². The molecule has 2 heterocycles. The fraction of sp³-hybridized carbons (Fsp3) is 0.312. The van der Waals surface area contributed by atoms with Crippen LogP contribution in [0.5, 0.6) is 0 Å². The van der Waals surface area contributed by atoms with Gasteiger partial charge in [0.25, 0.3) is 0 Å². The Labute approximate surface area is 135 Å². The number of ketones is 2. The highest BCUT2D eigenvalue weighted by atomic mass is 32.1. The van der Waals surface area contributed by atoms with Gasteiger partial charge in [-0.1, -0.05) is 13.8 Å². The van der Waals surface area contributed by atoms with Crippen LogP contribution in [0.4, 0.5) is 0 Å². The van der Waals surface area contributed by atoms with Crippen LogP contribution in [0.25, 0.3) is 9.75 Å². The molecule has 22 heavy (non-hydrogen) atoms. The summed E-state index contributed by atoms with van der Waals surface area (Å²) in [6.45, 7) is 5.84. The fourth-order valence-corrected chi connectivity index (χ4v) is 5.04. The van der Waals surface area contributed by atoms with Crippen molar-refractivity contribution in [2.45, 2.75) is 26.7 Å². The van der Waals surface area contributed by atoms with E-state index in [0.717, 1.165) is 9.75 Å². The van der Waals surface area contributed by atoms with Crippen LogP contribution in [0.1, 0.15) is 62.6 Å². The Morgan fingerprint density at radius 3 is 2.59 bits per heavy atom. The van der Waals surface area contributed by atoms with Gasteiger partial charge in [-0.2, -0.15) is 0 Å². The zero-order valence-electron chi connectivity index (χ0n) is 12.4. The van der Waals surface area contributed by atoms with Crippen molar-refractivity contribution >= 4 is 40.2 Å². The van der Waals surface area contributed by atoms with Crippen molar-refractivity contribution in [1.29, 1.82) is 0 Å². The first-order valence-electron chi connectivity index (χ1n) is 6.98. The largest absolute Gasteiger partial charge is 0.462 e. The van der Waals surface area contributed by atoms with E-state index in [2.05, 4.69) is 0 Å². The maximum atomic E-state index is 12.5. The molecule has 6 heteroatoms. The van der Waals surface area contributed by atoms with Crippen molar-refractivity contribution in [3.8, 4) is 9.75 Å². The molecule has 2 aromatic rings. The lowest BCUT2D eigenvalue weighted by molar-refractivity contribution is 0.0530. The maximum absolute atomic E-state index is 12.5. The van der Waals surface area contributed by atoms with Crippen LogP contribution in [-0.4, -0.2) is 24.1 Å². The van der Waals surface area contributed by atoms with Crippen LogP contribution in [0, 0.1) is 0 Å². The molecular weight excluding hydrogens is 320 g/mol. The molecule has 4 nitrogen and oxygen atoms in total. The molecule has 0 atom stereocenters. The third kappa shape index (κ3) is 2.06. The summed E-state index contributed by atoms with van der Waals surface area (Å²) in [4.78, 5) is 38.9. The summed E-state index contributed by atoms with van der Waals surface area (Å²) in [5, 5.41) is 1.80. The lowest BCUT2D eigenvalue weighted by Gasteiger charge is -2.13. The summed E-state index contributed by atoms with van der Waals surface area (Å²) in [5.41, 5.74) is 1.47. The third-order valence-electron chi connectivity index (χ3n) is 3.53. The number of fused-ring (bicyclic) bond motifs is 3. The van der Waals surface area contributed by atoms with Crippen molar-refractivity contribution < 1.29 is 19.1 Å². The van der Waals surface area contributed by atoms with Crippen LogP contribution in [0.15, 0.2) is 11.4 Å². The summed E-state index contributed by atoms with van der Waals surface area (Å²) in [5.74, 6) is -1.48. The van der Waals surface area contributed by atoms with Gasteiger partial charge in [-0.3, -0.25) is 9.59 Å². The van der Waals surface area contributed by atoms with Gasteiger partial charge in [0.1, 0.15) is 4.88 Å². The van der Waals surface area contributed by atoms with E-state index >= 15 is 0 Å². The number of ether oxygens (including phenoxy) is 1. The number of thiophene rings is 2. The number of esters is 1. The van der Waals surface area contributed by atoms with Crippen LogP contribution in [-0.2, 0) is 4.74 Å². The molecule has 0 N–H and O–H groups in total. The minimum Gasteiger partial charge on any atom is -0.462 e. The average Bonchev–Trinajstić information content (AvgIpc) is 3.08. The van der Waals surface area contributed by atoms with E-state index in [1.807, 2.05) is 13.8 Å². The molecule has 0 spiro atoms. The highest BCUT2D eigenvalue weighted by Crippen LogP contribution is 2.47. The van der Waals surface area contributed by atoms with Gasteiger partial charge in [0.05, 0.1) is 16.4 Å². The van der Waals surface area contributed by atoms with E-state index in [1.165, 1.54) is 22.7 Å². The standard InChI is InChI=1S/C16H14O4S2/c1-4-20-16(19)15-9(7(2)3)10-12(18)11(17)8-5-6-21-13(8)14(10)22-15/h5-7H,4H2,1-3H3. The molecule has 0 unspecified atom stereocenters. The number of Topliss-reactive ketones (excluding diaryl/α,β-unsaturated/α-hetero) is 2. The minimum absolute atomic E-state index is 0.0438. The molecule has 0 aromatic carbocycles. The second-order valence-electron chi connectivity index (χ2n) is 5.25. The molecule has 0 bridgehead atoms. The smallest absolute Gasteiger partial charge is 0.348 e. The van der Waals surface area contributed by atoms with Gasteiger partial charge in [-0.15, -0.1) is 22.7 Å². The fourth-order valence-electron chi connectivity index (χ4n) is 2.63. The van der Waals surface area contributed by atoms with E-state index in [-0.39, 0.29) is 12.5 Å². The maximum Gasteiger partial charge on any atom is 0.348 e. The molecule has 0 radical (unpaired) electrons. The van der Waals surface area contributed by atoms with Gasteiger partial charge in [-0.25, -0.2) is 4.79 Å². The van der Waals surface area contributed by atoms with Gasteiger partial charge < -0.3 is 4.74 Å². The molecule has 1 aliphatic rings. The Balaban J connectivity index is 2.30. The zero-order valence-corrected chi connectivity index (χ0v) is 14.0. The monoisotopic (exact) mass is 334 g/mol. The summed E-state index contributed by atoms with van der Waals surface area (Å²) in [6, 6.07) is 1.67. The molecule has 0 amide bonds. The second kappa shape index (κ2) is 5.44. The first kappa shape index (κ1) is 15.1. The van der Waals surface area contributed by atoms with Crippen LogP contribution in [0.2, 0.25) is 0 Å². The summed E-state index contributed by atoms with van der Waals surface area (Å²) >= 11 is 2.67. The lowest BCUT2D eigenvalue weighted by Crippen LogP contribution is -2.20. The first-order chi connectivity index (χ1) is 10.5. The Hall–Kier alpha value is -1.79. The van der Waals surface area contributed by atoms with Crippen molar-refractivity contribution in [3.05, 3.63) is 33.0 Å². The number of hydrogen-bond donors (Lipinski definition) is 0. The zero-order chi connectivity index (χ0) is 16.0.